The zero-order valence-corrected chi connectivity index (χ0v) is 12.5. The molecule has 0 fully saturated rings. The van der Waals surface area contributed by atoms with E-state index in [0.29, 0.717) is 17.9 Å². The van der Waals surface area contributed by atoms with Crippen molar-refractivity contribution in [2.75, 3.05) is 0 Å². The van der Waals surface area contributed by atoms with Crippen molar-refractivity contribution in [3.8, 4) is 5.75 Å². The van der Waals surface area contributed by atoms with Crippen LogP contribution in [0.15, 0.2) is 42.5 Å². The molecule has 0 unspecified atom stereocenters. The molecule has 0 aromatic heterocycles. The first-order valence-electron chi connectivity index (χ1n) is 5.69. The number of rotatable bonds is 4. The smallest absolute Gasteiger partial charge is 0.276 e. The minimum atomic E-state index is -0.396. The number of nitrogens with zero attached hydrogens (tertiary/aromatic N) is 1. The van der Waals surface area contributed by atoms with E-state index in [1.54, 1.807) is 19.1 Å². The highest BCUT2D eigenvalue weighted by Crippen LogP contribution is 2.27. The van der Waals surface area contributed by atoms with Crippen LogP contribution >= 0.6 is 22.6 Å². The van der Waals surface area contributed by atoms with Gasteiger partial charge in [0.15, 0.2) is 0 Å². The molecule has 2 aromatic rings. The van der Waals surface area contributed by atoms with E-state index in [4.69, 9.17) is 4.74 Å². The fraction of sp³-hybridized carbons (Fsp3) is 0.143. The van der Waals surface area contributed by atoms with Crippen molar-refractivity contribution in [1.82, 2.24) is 0 Å². The van der Waals surface area contributed by atoms with Crippen LogP contribution < -0.4 is 4.74 Å². The van der Waals surface area contributed by atoms with Crippen LogP contribution in [0.1, 0.15) is 11.1 Å². The maximum absolute atomic E-state index is 10.8. The lowest BCUT2D eigenvalue weighted by molar-refractivity contribution is -0.385. The summed E-state index contributed by atoms with van der Waals surface area (Å²) in [6.45, 7) is 2.10. The Morgan fingerprint density at radius 2 is 1.89 bits per heavy atom. The zero-order valence-electron chi connectivity index (χ0n) is 10.3. The van der Waals surface area contributed by atoms with E-state index < -0.39 is 4.92 Å². The molecule has 0 heterocycles. The SMILES string of the molecule is Cc1c(OCc2ccc(I)cc2)cccc1[N+](=O)[O-]. The Morgan fingerprint density at radius 1 is 1.21 bits per heavy atom. The van der Waals surface area contributed by atoms with Crippen LogP contribution in [0.3, 0.4) is 0 Å². The molecule has 0 bridgehead atoms. The summed E-state index contributed by atoms with van der Waals surface area (Å²) in [4.78, 5) is 10.4. The maximum Gasteiger partial charge on any atom is 0.276 e. The van der Waals surface area contributed by atoms with Gasteiger partial charge in [-0.25, -0.2) is 0 Å². The second-order valence-corrected chi connectivity index (χ2v) is 5.32. The molecule has 2 rings (SSSR count). The van der Waals surface area contributed by atoms with Crippen molar-refractivity contribution in [3.05, 3.63) is 67.3 Å². The molecule has 0 radical (unpaired) electrons. The topological polar surface area (TPSA) is 52.4 Å². The first-order chi connectivity index (χ1) is 9.08. The van der Waals surface area contributed by atoms with Gasteiger partial charge < -0.3 is 4.74 Å². The molecule has 0 saturated heterocycles. The Bertz CT molecular complexity index is 596. The molecular weight excluding hydrogens is 357 g/mol. The third-order valence-corrected chi connectivity index (χ3v) is 3.48. The molecule has 0 aliphatic rings. The Balaban J connectivity index is 2.13. The van der Waals surface area contributed by atoms with Crippen molar-refractivity contribution in [2.24, 2.45) is 0 Å². The molecule has 98 valence electrons. The number of hydrogen-bond acceptors (Lipinski definition) is 3. The first-order valence-corrected chi connectivity index (χ1v) is 6.77. The van der Waals surface area contributed by atoms with Crippen LogP contribution in [0, 0.1) is 20.6 Å². The fourth-order valence-corrected chi connectivity index (χ4v) is 2.06. The number of hydrogen-bond donors (Lipinski definition) is 0. The highest BCUT2D eigenvalue weighted by Gasteiger charge is 2.13. The average Bonchev–Trinajstić information content (AvgIpc) is 2.39. The Hall–Kier alpha value is -1.63. The van der Waals surface area contributed by atoms with Crippen LogP contribution in [0.2, 0.25) is 0 Å². The van der Waals surface area contributed by atoms with Crippen molar-refractivity contribution in [2.45, 2.75) is 13.5 Å². The zero-order chi connectivity index (χ0) is 13.8. The van der Waals surface area contributed by atoms with E-state index in [2.05, 4.69) is 22.6 Å². The molecule has 0 atom stereocenters. The van der Waals surface area contributed by atoms with Gasteiger partial charge in [0.25, 0.3) is 5.69 Å². The number of halogens is 1. The van der Waals surface area contributed by atoms with E-state index in [0.717, 1.165) is 9.13 Å². The van der Waals surface area contributed by atoms with Gasteiger partial charge in [-0.2, -0.15) is 0 Å². The van der Waals surface area contributed by atoms with E-state index in [1.807, 2.05) is 24.3 Å². The summed E-state index contributed by atoms with van der Waals surface area (Å²) in [7, 11) is 0. The predicted octanol–water partition coefficient (Wildman–Crippen LogP) is 4.09. The molecule has 5 heteroatoms. The van der Waals surface area contributed by atoms with Crippen LogP contribution in [-0.2, 0) is 6.61 Å². The number of nitro groups is 1. The van der Waals surface area contributed by atoms with Crippen LogP contribution in [0.5, 0.6) is 5.75 Å². The summed E-state index contributed by atoms with van der Waals surface area (Å²) in [5.41, 5.74) is 1.67. The molecule has 2 aromatic carbocycles. The molecule has 0 amide bonds. The lowest BCUT2D eigenvalue weighted by atomic mass is 10.2. The predicted molar refractivity (Wildman–Crippen MR) is 81.3 cm³/mol. The van der Waals surface area contributed by atoms with Crippen LogP contribution in [0.25, 0.3) is 0 Å². The highest BCUT2D eigenvalue weighted by atomic mass is 127. The number of benzene rings is 2. The second kappa shape index (κ2) is 6.01. The highest BCUT2D eigenvalue weighted by molar-refractivity contribution is 14.1. The Kier molecular flexibility index (Phi) is 4.36. The molecule has 0 saturated carbocycles. The monoisotopic (exact) mass is 369 g/mol. The average molecular weight is 369 g/mol. The van der Waals surface area contributed by atoms with Gasteiger partial charge in [0.1, 0.15) is 12.4 Å². The van der Waals surface area contributed by atoms with Crippen molar-refractivity contribution >= 4 is 28.3 Å². The van der Waals surface area contributed by atoms with E-state index >= 15 is 0 Å². The normalized spacial score (nSPS) is 10.2. The quantitative estimate of drug-likeness (QED) is 0.464. The van der Waals surface area contributed by atoms with Gasteiger partial charge in [0.2, 0.25) is 0 Å². The third-order valence-electron chi connectivity index (χ3n) is 2.76. The molecule has 4 nitrogen and oxygen atoms in total. The molecule has 0 aliphatic heterocycles. The van der Waals surface area contributed by atoms with Gasteiger partial charge in [-0.1, -0.05) is 18.2 Å². The van der Waals surface area contributed by atoms with Gasteiger partial charge in [-0.3, -0.25) is 10.1 Å². The molecule has 0 aliphatic carbocycles. The summed E-state index contributed by atoms with van der Waals surface area (Å²) < 4.78 is 6.81. The number of ether oxygens (including phenoxy) is 1. The number of nitro benzene ring substituents is 1. The van der Waals surface area contributed by atoms with Gasteiger partial charge in [-0.05, 0) is 53.3 Å². The summed E-state index contributed by atoms with van der Waals surface area (Å²) in [6.07, 6.45) is 0. The second-order valence-electron chi connectivity index (χ2n) is 4.07. The van der Waals surface area contributed by atoms with Gasteiger partial charge in [0.05, 0.1) is 10.5 Å². The van der Waals surface area contributed by atoms with Crippen LogP contribution in [0.4, 0.5) is 5.69 Å². The van der Waals surface area contributed by atoms with Gasteiger partial charge in [0, 0.05) is 9.64 Å². The standard InChI is InChI=1S/C14H12INO3/c1-10-13(16(17)18)3-2-4-14(10)19-9-11-5-7-12(15)8-6-11/h2-8H,9H2,1H3. The summed E-state index contributed by atoms with van der Waals surface area (Å²) in [5, 5.41) is 10.8. The van der Waals surface area contributed by atoms with Gasteiger partial charge in [-0.15, -0.1) is 0 Å². The van der Waals surface area contributed by atoms with E-state index in [-0.39, 0.29) is 5.69 Å². The minimum absolute atomic E-state index is 0.0834. The van der Waals surface area contributed by atoms with Gasteiger partial charge >= 0.3 is 0 Å². The lowest BCUT2D eigenvalue weighted by Gasteiger charge is -2.09. The van der Waals surface area contributed by atoms with Crippen molar-refractivity contribution in [1.29, 1.82) is 0 Å². The Labute approximate surface area is 124 Å². The fourth-order valence-electron chi connectivity index (χ4n) is 1.70. The summed E-state index contributed by atoms with van der Waals surface area (Å²) in [5.74, 6) is 0.549. The third kappa shape index (κ3) is 3.44. The van der Waals surface area contributed by atoms with E-state index in [9.17, 15) is 10.1 Å². The summed E-state index contributed by atoms with van der Waals surface area (Å²) in [6, 6.07) is 12.8. The molecule has 0 N–H and O–H groups in total. The molecule has 19 heavy (non-hydrogen) atoms. The summed E-state index contributed by atoms with van der Waals surface area (Å²) >= 11 is 2.24. The first kappa shape index (κ1) is 13.8. The lowest BCUT2D eigenvalue weighted by Crippen LogP contribution is -1.99. The minimum Gasteiger partial charge on any atom is -0.488 e. The Morgan fingerprint density at radius 3 is 2.53 bits per heavy atom. The van der Waals surface area contributed by atoms with Crippen molar-refractivity contribution in [3.63, 3.8) is 0 Å². The van der Waals surface area contributed by atoms with Crippen LogP contribution in [-0.4, -0.2) is 4.92 Å². The maximum atomic E-state index is 10.8. The molecule has 0 spiro atoms. The van der Waals surface area contributed by atoms with Crippen molar-refractivity contribution < 1.29 is 9.66 Å². The van der Waals surface area contributed by atoms with E-state index in [1.165, 1.54) is 6.07 Å². The molecular formula is C14H12INO3. The largest absolute Gasteiger partial charge is 0.488 e.